The van der Waals surface area contributed by atoms with E-state index in [0.29, 0.717) is 5.69 Å². The highest BCUT2D eigenvalue weighted by Gasteiger charge is 2.22. The molecular weight excluding hydrogens is 266 g/mol. The highest BCUT2D eigenvalue weighted by atomic mass is 16.2. The SMILES string of the molecule is CC(C(=O)N(C)CC(=O)NC(C)(C)C)c1cccc(N)c1. The second-order valence-electron chi connectivity index (χ2n) is 6.38. The lowest BCUT2D eigenvalue weighted by Crippen LogP contribution is -2.46. The van der Waals surface area contributed by atoms with E-state index in [2.05, 4.69) is 5.32 Å². The van der Waals surface area contributed by atoms with Crippen molar-refractivity contribution in [2.45, 2.75) is 39.2 Å². The van der Waals surface area contributed by atoms with Gasteiger partial charge in [-0.25, -0.2) is 0 Å². The van der Waals surface area contributed by atoms with Crippen LogP contribution in [0.2, 0.25) is 0 Å². The second-order valence-corrected chi connectivity index (χ2v) is 6.38. The Morgan fingerprint density at radius 2 is 1.95 bits per heavy atom. The molecule has 5 nitrogen and oxygen atoms in total. The van der Waals surface area contributed by atoms with Crippen LogP contribution in [0.25, 0.3) is 0 Å². The molecule has 0 heterocycles. The summed E-state index contributed by atoms with van der Waals surface area (Å²) in [6, 6.07) is 7.25. The molecule has 0 aliphatic carbocycles. The zero-order valence-corrected chi connectivity index (χ0v) is 13.4. The molecule has 2 amide bonds. The number of nitrogens with two attached hydrogens (primary N) is 1. The number of nitrogens with one attached hydrogen (secondary N) is 1. The first kappa shape index (κ1) is 17.0. The minimum atomic E-state index is -0.332. The van der Waals surface area contributed by atoms with E-state index >= 15 is 0 Å². The van der Waals surface area contributed by atoms with Crippen LogP contribution in [-0.4, -0.2) is 35.8 Å². The number of amides is 2. The van der Waals surface area contributed by atoms with E-state index in [0.717, 1.165) is 5.56 Å². The molecule has 5 heteroatoms. The highest BCUT2D eigenvalue weighted by Crippen LogP contribution is 2.19. The molecule has 1 aromatic carbocycles. The average molecular weight is 291 g/mol. The molecule has 0 saturated carbocycles. The van der Waals surface area contributed by atoms with Crippen LogP contribution in [0.5, 0.6) is 0 Å². The molecule has 0 spiro atoms. The van der Waals surface area contributed by atoms with E-state index in [-0.39, 0.29) is 29.8 Å². The fourth-order valence-corrected chi connectivity index (χ4v) is 2.05. The van der Waals surface area contributed by atoms with Crippen LogP contribution < -0.4 is 11.1 Å². The molecule has 1 unspecified atom stereocenters. The fourth-order valence-electron chi connectivity index (χ4n) is 2.05. The van der Waals surface area contributed by atoms with Crippen LogP contribution in [0, 0.1) is 0 Å². The lowest BCUT2D eigenvalue weighted by molar-refractivity contribution is -0.136. The van der Waals surface area contributed by atoms with Crippen LogP contribution in [0.4, 0.5) is 5.69 Å². The van der Waals surface area contributed by atoms with Crippen LogP contribution in [-0.2, 0) is 9.59 Å². The Hall–Kier alpha value is -2.04. The van der Waals surface area contributed by atoms with Crippen molar-refractivity contribution < 1.29 is 9.59 Å². The fraction of sp³-hybridized carbons (Fsp3) is 0.500. The zero-order chi connectivity index (χ0) is 16.2. The monoisotopic (exact) mass is 291 g/mol. The number of hydrogen-bond acceptors (Lipinski definition) is 3. The van der Waals surface area contributed by atoms with Gasteiger partial charge in [0, 0.05) is 18.3 Å². The van der Waals surface area contributed by atoms with E-state index in [9.17, 15) is 9.59 Å². The Balaban J connectivity index is 2.68. The molecule has 1 rings (SSSR count). The van der Waals surface area contributed by atoms with Crippen molar-refractivity contribution in [2.75, 3.05) is 19.3 Å². The third kappa shape index (κ3) is 5.45. The van der Waals surface area contributed by atoms with Gasteiger partial charge in [0.25, 0.3) is 0 Å². The summed E-state index contributed by atoms with van der Waals surface area (Å²) in [6.07, 6.45) is 0. The highest BCUT2D eigenvalue weighted by molar-refractivity contribution is 5.88. The van der Waals surface area contributed by atoms with Crippen molar-refractivity contribution in [1.82, 2.24) is 10.2 Å². The van der Waals surface area contributed by atoms with E-state index in [1.807, 2.05) is 39.8 Å². The Morgan fingerprint density at radius 1 is 1.33 bits per heavy atom. The first-order valence-corrected chi connectivity index (χ1v) is 7.01. The minimum absolute atomic E-state index is 0.0444. The molecule has 1 aromatic rings. The molecule has 3 N–H and O–H groups in total. The molecule has 1 atom stereocenters. The lowest BCUT2D eigenvalue weighted by Gasteiger charge is -2.25. The van der Waals surface area contributed by atoms with Crippen LogP contribution in [0.1, 0.15) is 39.2 Å². The van der Waals surface area contributed by atoms with Gasteiger partial charge in [0.1, 0.15) is 0 Å². The summed E-state index contributed by atoms with van der Waals surface area (Å²) in [4.78, 5) is 25.7. The number of benzene rings is 1. The molecule has 0 aromatic heterocycles. The van der Waals surface area contributed by atoms with Crippen LogP contribution in [0.3, 0.4) is 0 Å². The number of carbonyl (C=O) groups excluding carboxylic acids is 2. The number of anilines is 1. The smallest absolute Gasteiger partial charge is 0.240 e. The number of hydrogen-bond donors (Lipinski definition) is 2. The third-order valence-electron chi connectivity index (χ3n) is 3.05. The largest absolute Gasteiger partial charge is 0.399 e. The maximum atomic E-state index is 12.4. The molecule has 21 heavy (non-hydrogen) atoms. The average Bonchev–Trinajstić information content (AvgIpc) is 2.34. The summed E-state index contributed by atoms with van der Waals surface area (Å²) in [5.74, 6) is -0.608. The number of rotatable bonds is 4. The van der Waals surface area contributed by atoms with E-state index in [4.69, 9.17) is 5.73 Å². The van der Waals surface area contributed by atoms with E-state index < -0.39 is 0 Å². The summed E-state index contributed by atoms with van der Waals surface area (Å²) >= 11 is 0. The maximum absolute atomic E-state index is 12.4. The van der Waals surface area contributed by atoms with Crippen molar-refractivity contribution in [2.24, 2.45) is 0 Å². The number of carbonyl (C=O) groups is 2. The van der Waals surface area contributed by atoms with E-state index in [1.165, 1.54) is 4.90 Å². The topological polar surface area (TPSA) is 75.4 Å². The van der Waals surface area contributed by atoms with Crippen molar-refractivity contribution >= 4 is 17.5 Å². The van der Waals surface area contributed by atoms with E-state index in [1.54, 1.807) is 19.2 Å². The first-order valence-electron chi connectivity index (χ1n) is 7.01. The lowest BCUT2D eigenvalue weighted by atomic mass is 9.99. The number of likely N-dealkylation sites (N-methyl/N-ethyl adjacent to an activating group) is 1. The molecule has 0 bridgehead atoms. The summed E-state index contributed by atoms with van der Waals surface area (Å²) in [7, 11) is 1.63. The third-order valence-corrected chi connectivity index (χ3v) is 3.05. The zero-order valence-electron chi connectivity index (χ0n) is 13.4. The van der Waals surface area contributed by atoms with Crippen molar-refractivity contribution in [3.8, 4) is 0 Å². The van der Waals surface area contributed by atoms with Gasteiger partial charge < -0.3 is 16.0 Å². The van der Waals surface area contributed by atoms with Gasteiger partial charge in [0.05, 0.1) is 12.5 Å². The first-order chi connectivity index (χ1) is 9.60. The van der Waals surface area contributed by atoms with Gasteiger partial charge in [-0.15, -0.1) is 0 Å². The number of nitrogen functional groups attached to an aromatic ring is 1. The Labute approximate surface area is 126 Å². The van der Waals surface area contributed by atoms with Gasteiger partial charge in [0.2, 0.25) is 11.8 Å². The summed E-state index contributed by atoms with van der Waals surface area (Å²) < 4.78 is 0. The Bertz CT molecular complexity index is 520. The van der Waals surface area contributed by atoms with Crippen LogP contribution in [0.15, 0.2) is 24.3 Å². The van der Waals surface area contributed by atoms with Gasteiger partial charge in [-0.1, -0.05) is 12.1 Å². The van der Waals surface area contributed by atoms with Crippen molar-refractivity contribution in [3.63, 3.8) is 0 Å². The predicted molar refractivity (Wildman–Crippen MR) is 84.8 cm³/mol. The molecule has 0 aliphatic rings. The molecule has 0 aliphatic heterocycles. The van der Waals surface area contributed by atoms with Gasteiger partial charge in [0.15, 0.2) is 0 Å². The standard InChI is InChI=1S/C16H25N3O2/c1-11(12-7-6-8-13(17)9-12)15(21)19(5)10-14(20)18-16(2,3)4/h6-9,11H,10,17H2,1-5H3,(H,18,20). The van der Waals surface area contributed by atoms with Gasteiger partial charge in [-0.2, -0.15) is 0 Å². The Kier molecular flexibility index (Phi) is 5.35. The summed E-state index contributed by atoms with van der Waals surface area (Å²) in [5, 5.41) is 2.84. The van der Waals surface area contributed by atoms with Crippen molar-refractivity contribution in [3.05, 3.63) is 29.8 Å². The molecule has 0 radical (unpaired) electrons. The van der Waals surface area contributed by atoms with Crippen LogP contribution >= 0.6 is 0 Å². The van der Waals surface area contributed by atoms with Gasteiger partial charge in [-0.05, 0) is 45.4 Å². The quantitative estimate of drug-likeness (QED) is 0.830. The number of nitrogens with zero attached hydrogens (tertiary/aromatic N) is 1. The molecular formula is C16H25N3O2. The summed E-state index contributed by atoms with van der Waals surface area (Å²) in [6.45, 7) is 7.57. The molecule has 116 valence electrons. The van der Waals surface area contributed by atoms with Gasteiger partial charge >= 0.3 is 0 Å². The normalized spacial score (nSPS) is 12.6. The molecule has 0 saturated heterocycles. The minimum Gasteiger partial charge on any atom is -0.399 e. The van der Waals surface area contributed by atoms with Gasteiger partial charge in [-0.3, -0.25) is 9.59 Å². The Morgan fingerprint density at radius 3 is 2.48 bits per heavy atom. The summed E-state index contributed by atoms with van der Waals surface area (Å²) in [5.41, 5.74) is 6.90. The second kappa shape index (κ2) is 6.61. The maximum Gasteiger partial charge on any atom is 0.240 e. The predicted octanol–water partition coefficient (Wildman–Crippen LogP) is 1.75. The van der Waals surface area contributed by atoms with Crippen molar-refractivity contribution in [1.29, 1.82) is 0 Å². The molecule has 0 fully saturated rings.